The van der Waals surface area contributed by atoms with Crippen molar-refractivity contribution >= 4 is 41.1 Å². The molecule has 0 saturated carbocycles. The molecule has 2 aromatic rings. The van der Waals surface area contributed by atoms with E-state index in [9.17, 15) is 14.9 Å². The Hall–Kier alpha value is -2.85. The van der Waals surface area contributed by atoms with E-state index in [0.717, 1.165) is 10.5 Å². The largest absolute Gasteiger partial charge is 0.457 e. The Balaban J connectivity index is 1.96. The highest BCUT2D eigenvalue weighted by molar-refractivity contribution is 6.42. The second-order valence-corrected chi connectivity index (χ2v) is 7.42. The summed E-state index contributed by atoms with van der Waals surface area (Å²) in [5, 5.41) is 10.3. The molecule has 0 saturated heterocycles. The van der Waals surface area contributed by atoms with Gasteiger partial charge in [-0.3, -0.25) is 14.5 Å². The third kappa shape index (κ3) is 4.34. The van der Waals surface area contributed by atoms with E-state index in [4.69, 9.17) is 32.4 Å². The molecule has 0 spiro atoms. The van der Waals surface area contributed by atoms with Crippen LogP contribution < -0.4 is 0 Å². The van der Waals surface area contributed by atoms with Gasteiger partial charge in [-0.2, -0.15) is 5.26 Å². The van der Waals surface area contributed by atoms with E-state index in [-0.39, 0.29) is 17.7 Å². The fraction of sp³-hybridized carbons (Fsp3) is 0.227. The van der Waals surface area contributed by atoms with Gasteiger partial charge in [0.2, 0.25) is 0 Å². The predicted octanol–water partition coefficient (Wildman–Crippen LogP) is 4.88. The van der Waals surface area contributed by atoms with Gasteiger partial charge in [-0.05, 0) is 55.3 Å². The zero-order valence-electron chi connectivity index (χ0n) is 16.4. The van der Waals surface area contributed by atoms with Gasteiger partial charge in [-0.15, -0.1) is 0 Å². The number of amides is 2. The van der Waals surface area contributed by atoms with Crippen LogP contribution in [0.25, 0.3) is 17.4 Å². The molecule has 6 nitrogen and oxygen atoms in total. The van der Waals surface area contributed by atoms with Gasteiger partial charge in [-0.1, -0.05) is 23.2 Å². The highest BCUT2D eigenvalue weighted by atomic mass is 35.5. The van der Waals surface area contributed by atoms with Crippen LogP contribution in [-0.4, -0.2) is 37.0 Å². The zero-order chi connectivity index (χ0) is 21.8. The molecule has 2 heterocycles. The molecule has 8 heteroatoms. The maximum Gasteiger partial charge on any atom is 0.271 e. The van der Waals surface area contributed by atoms with Crippen LogP contribution >= 0.6 is 23.2 Å². The minimum Gasteiger partial charge on any atom is -0.457 e. The Morgan fingerprint density at radius 3 is 2.60 bits per heavy atom. The number of imide groups is 1. The summed E-state index contributed by atoms with van der Waals surface area (Å²) >= 11 is 12.0. The highest BCUT2D eigenvalue weighted by Crippen LogP contribution is 2.32. The Morgan fingerprint density at radius 1 is 1.17 bits per heavy atom. The Morgan fingerprint density at radius 2 is 1.93 bits per heavy atom. The molecule has 0 aliphatic carbocycles. The minimum absolute atomic E-state index is 0.0606. The van der Waals surface area contributed by atoms with Gasteiger partial charge in [0.25, 0.3) is 11.8 Å². The van der Waals surface area contributed by atoms with Gasteiger partial charge in [0.1, 0.15) is 23.2 Å². The number of ether oxygens (including phenoxy) is 1. The van der Waals surface area contributed by atoms with Gasteiger partial charge in [0.05, 0.1) is 10.0 Å². The van der Waals surface area contributed by atoms with Gasteiger partial charge in [0, 0.05) is 31.4 Å². The average molecular weight is 445 g/mol. The number of benzene rings is 1. The lowest BCUT2D eigenvalue weighted by atomic mass is 9.94. The smallest absolute Gasteiger partial charge is 0.271 e. The third-order valence-corrected chi connectivity index (χ3v) is 5.41. The summed E-state index contributed by atoms with van der Waals surface area (Å²) in [4.78, 5) is 26.5. The van der Waals surface area contributed by atoms with E-state index in [0.29, 0.717) is 40.2 Å². The molecule has 1 aliphatic rings. The van der Waals surface area contributed by atoms with E-state index < -0.39 is 11.8 Å². The first-order valence-electron chi connectivity index (χ1n) is 9.10. The molecule has 0 radical (unpaired) electrons. The normalized spacial score (nSPS) is 15.8. The van der Waals surface area contributed by atoms with Crippen LogP contribution in [0.1, 0.15) is 19.1 Å². The summed E-state index contributed by atoms with van der Waals surface area (Å²) in [6, 6.07) is 10.5. The number of rotatable bonds is 6. The van der Waals surface area contributed by atoms with Gasteiger partial charge in [-0.25, -0.2) is 0 Å². The van der Waals surface area contributed by atoms with Crippen molar-refractivity contribution in [1.82, 2.24) is 4.90 Å². The van der Waals surface area contributed by atoms with Crippen molar-refractivity contribution in [2.24, 2.45) is 0 Å². The lowest BCUT2D eigenvalue weighted by molar-refractivity contribution is -0.140. The van der Waals surface area contributed by atoms with E-state index in [2.05, 4.69) is 0 Å². The quantitative estimate of drug-likeness (QED) is 0.360. The summed E-state index contributed by atoms with van der Waals surface area (Å²) in [7, 11) is 1.54. The van der Waals surface area contributed by atoms with Crippen molar-refractivity contribution < 1.29 is 18.7 Å². The van der Waals surface area contributed by atoms with E-state index in [1.165, 1.54) is 13.2 Å². The molecule has 0 unspecified atom stereocenters. The molecule has 1 aliphatic heterocycles. The van der Waals surface area contributed by atoms with Crippen LogP contribution in [-0.2, 0) is 14.3 Å². The Kier molecular flexibility index (Phi) is 6.78. The molecule has 30 heavy (non-hydrogen) atoms. The third-order valence-electron chi connectivity index (χ3n) is 4.67. The summed E-state index contributed by atoms with van der Waals surface area (Å²) in [6.45, 7) is 2.13. The molecular formula is C22H18Cl2N2O4. The molecule has 1 aromatic heterocycles. The van der Waals surface area contributed by atoms with Crippen LogP contribution in [0.15, 0.2) is 51.5 Å². The number of furan rings is 1. The lowest BCUT2D eigenvalue weighted by Crippen LogP contribution is -2.43. The van der Waals surface area contributed by atoms with Crippen molar-refractivity contribution in [2.75, 3.05) is 20.3 Å². The maximum absolute atomic E-state index is 12.9. The van der Waals surface area contributed by atoms with Crippen LogP contribution in [0.4, 0.5) is 0 Å². The Bertz CT molecular complexity index is 1110. The maximum atomic E-state index is 12.9. The van der Waals surface area contributed by atoms with Crippen molar-refractivity contribution in [3.8, 4) is 17.4 Å². The summed E-state index contributed by atoms with van der Waals surface area (Å²) in [5.41, 5.74) is 1.22. The summed E-state index contributed by atoms with van der Waals surface area (Å²) in [5.74, 6) is -0.120. The van der Waals surface area contributed by atoms with Crippen LogP contribution in [0.2, 0.25) is 10.0 Å². The first-order valence-corrected chi connectivity index (χ1v) is 9.86. The highest BCUT2D eigenvalue weighted by Gasteiger charge is 2.35. The fourth-order valence-electron chi connectivity index (χ4n) is 3.08. The van der Waals surface area contributed by atoms with Crippen molar-refractivity contribution in [3.05, 3.63) is 62.9 Å². The van der Waals surface area contributed by atoms with Crippen molar-refractivity contribution in [2.45, 2.75) is 13.3 Å². The van der Waals surface area contributed by atoms with Crippen molar-refractivity contribution in [3.63, 3.8) is 0 Å². The SMILES string of the molecule is COCCCN1C(=O)C(C#N)=C(C)/C(=C\c2ccc(-c3ccc(Cl)c(Cl)c3)o2)C1=O. The number of carbonyl (C=O) groups excluding carboxylic acids is 2. The molecule has 2 amide bonds. The number of hydrogen-bond donors (Lipinski definition) is 0. The summed E-state index contributed by atoms with van der Waals surface area (Å²) in [6.07, 6.45) is 2.01. The number of nitriles is 1. The molecule has 0 N–H and O–H groups in total. The van der Waals surface area contributed by atoms with Gasteiger partial charge < -0.3 is 9.15 Å². The molecule has 3 rings (SSSR count). The number of methoxy groups -OCH3 is 1. The molecule has 154 valence electrons. The number of nitrogens with zero attached hydrogens (tertiary/aromatic N) is 2. The monoisotopic (exact) mass is 444 g/mol. The van der Waals surface area contributed by atoms with Gasteiger partial charge >= 0.3 is 0 Å². The fourth-order valence-corrected chi connectivity index (χ4v) is 3.38. The average Bonchev–Trinajstić information content (AvgIpc) is 3.19. The number of halogens is 2. The second-order valence-electron chi connectivity index (χ2n) is 6.61. The van der Waals surface area contributed by atoms with Gasteiger partial charge in [0.15, 0.2) is 0 Å². The molecule has 0 fully saturated rings. The summed E-state index contributed by atoms with van der Waals surface area (Å²) < 4.78 is 10.8. The minimum atomic E-state index is -0.593. The predicted molar refractivity (Wildman–Crippen MR) is 114 cm³/mol. The van der Waals surface area contributed by atoms with E-state index in [1.54, 1.807) is 37.3 Å². The lowest BCUT2D eigenvalue weighted by Gasteiger charge is -2.27. The van der Waals surface area contributed by atoms with Crippen LogP contribution in [0, 0.1) is 11.3 Å². The number of hydrogen-bond acceptors (Lipinski definition) is 5. The first kappa shape index (κ1) is 21.8. The van der Waals surface area contributed by atoms with Crippen molar-refractivity contribution in [1.29, 1.82) is 5.26 Å². The molecule has 0 bridgehead atoms. The molecule has 1 aromatic carbocycles. The number of carbonyl (C=O) groups is 2. The standard InChI is InChI=1S/C22H18Cl2N2O4/c1-13-16(21(27)26(8-3-9-29-2)22(28)17(13)12-25)11-15-5-7-20(30-15)14-4-6-18(23)19(24)10-14/h4-7,10-11H,3,8-9H2,1-2H3/b16-11+. The topological polar surface area (TPSA) is 83.5 Å². The second kappa shape index (κ2) is 9.31. The van der Waals surface area contributed by atoms with E-state index in [1.807, 2.05) is 6.07 Å². The molecule has 0 atom stereocenters. The Labute approximate surface area is 183 Å². The zero-order valence-corrected chi connectivity index (χ0v) is 17.9. The first-order chi connectivity index (χ1) is 14.4. The van der Waals surface area contributed by atoms with Crippen LogP contribution in [0.5, 0.6) is 0 Å². The van der Waals surface area contributed by atoms with E-state index >= 15 is 0 Å². The van der Waals surface area contributed by atoms with Crippen LogP contribution in [0.3, 0.4) is 0 Å². The molecular weight excluding hydrogens is 427 g/mol.